The van der Waals surface area contributed by atoms with Gasteiger partial charge in [0.05, 0.1) is 11.8 Å². The predicted octanol–water partition coefficient (Wildman–Crippen LogP) is 0.404. The van der Waals surface area contributed by atoms with Crippen LogP contribution in [-0.4, -0.2) is 32.7 Å². The molecule has 1 aromatic heterocycles. The summed E-state index contributed by atoms with van der Waals surface area (Å²) in [5.41, 5.74) is 2.00. The van der Waals surface area contributed by atoms with Crippen molar-refractivity contribution in [1.29, 1.82) is 0 Å². The van der Waals surface area contributed by atoms with E-state index in [-0.39, 0.29) is 12.7 Å². The molecule has 4 nitrogen and oxygen atoms in total. The Morgan fingerprint density at radius 1 is 1.57 bits per heavy atom. The fraction of sp³-hybridized carbons (Fsp3) is 0.700. The molecule has 4 heteroatoms. The van der Waals surface area contributed by atoms with Gasteiger partial charge in [0, 0.05) is 25.8 Å². The van der Waals surface area contributed by atoms with Gasteiger partial charge in [0.2, 0.25) is 0 Å². The minimum atomic E-state index is -0.378. The first-order valence-electron chi connectivity index (χ1n) is 4.92. The molecule has 0 aliphatic rings. The molecule has 0 aliphatic carbocycles. The summed E-state index contributed by atoms with van der Waals surface area (Å²) in [6.45, 7) is 2.07. The van der Waals surface area contributed by atoms with Crippen LogP contribution < -0.4 is 0 Å². The van der Waals surface area contributed by atoms with Crippen LogP contribution in [0, 0.1) is 6.92 Å². The van der Waals surface area contributed by atoms with Crippen molar-refractivity contribution in [2.24, 2.45) is 7.05 Å². The molecule has 1 unspecified atom stereocenters. The van der Waals surface area contributed by atoms with E-state index in [9.17, 15) is 5.11 Å². The summed E-state index contributed by atoms with van der Waals surface area (Å²) < 4.78 is 1.79. The van der Waals surface area contributed by atoms with Gasteiger partial charge in [-0.3, -0.25) is 4.68 Å². The van der Waals surface area contributed by atoms with Crippen LogP contribution in [0.2, 0.25) is 0 Å². The third-order valence-corrected chi connectivity index (χ3v) is 2.24. The van der Waals surface area contributed by atoms with Crippen LogP contribution in [0.1, 0.15) is 24.2 Å². The lowest BCUT2D eigenvalue weighted by Gasteiger charge is -2.09. The zero-order valence-corrected chi connectivity index (χ0v) is 8.77. The predicted molar refractivity (Wildman–Crippen MR) is 54.0 cm³/mol. The summed E-state index contributed by atoms with van der Waals surface area (Å²) in [6, 6.07) is 1.97. The number of hydrogen-bond acceptors (Lipinski definition) is 3. The number of aliphatic hydroxyl groups excluding tert-OH is 2. The molecule has 0 saturated carbocycles. The average Bonchev–Trinajstić information content (AvgIpc) is 2.42. The third kappa shape index (κ3) is 3.12. The van der Waals surface area contributed by atoms with E-state index in [1.807, 2.05) is 20.0 Å². The molecule has 0 saturated heterocycles. The van der Waals surface area contributed by atoms with E-state index >= 15 is 0 Å². The number of nitrogens with zero attached hydrogens (tertiary/aromatic N) is 2. The zero-order valence-electron chi connectivity index (χ0n) is 8.77. The Labute approximate surface area is 84.2 Å². The Balaban J connectivity index is 2.47. The topological polar surface area (TPSA) is 58.3 Å². The maximum Gasteiger partial charge on any atom is 0.0596 e. The van der Waals surface area contributed by atoms with Gasteiger partial charge in [0.1, 0.15) is 0 Å². The van der Waals surface area contributed by atoms with Crippen LogP contribution in [-0.2, 0) is 13.5 Å². The Morgan fingerprint density at radius 2 is 2.29 bits per heavy atom. The molecular formula is C10H18N2O2. The van der Waals surface area contributed by atoms with Crippen molar-refractivity contribution >= 4 is 0 Å². The van der Waals surface area contributed by atoms with Crippen LogP contribution >= 0.6 is 0 Å². The lowest BCUT2D eigenvalue weighted by Crippen LogP contribution is -2.13. The highest BCUT2D eigenvalue weighted by atomic mass is 16.3. The fourth-order valence-corrected chi connectivity index (χ4v) is 1.53. The Morgan fingerprint density at radius 3 is 2.79 bits per heavy atom. The SMILES string of the molecule is Cc1cc(CC(O)CCCO)n(C)n1. The summed E-state index contributed by atoms with van der Waals surface area (Å²) in [7, 11) is 1.88. The maximum atomic E-state index is 9.62. The van der Waals surface area contributed by atoms with Gasteiger partial charge in [-0.1, -0.05) is 0 Å². The Hall–Kier alpha value is -0.870. The van der Waals surface area contributed by atoms with Gasteiger partial charge >= 0.3 is 0 Å². The van der Waals surface area contributed by atoms with E-state index in [4.69, 9.17) is 5.11 Å². The minimum absolute atomic E-state index is 0.140. The summed E-state index contributed by atoms with van der Waals surface area (Å²) in [5, 5.41) is 22.4. The molecule has 1 heterocycles. The first-order valence-corrected chi connectivity index (χ1v) is 4.92. The fourth-order valence-electron chi connectivity index (χ4n) is 1.53. The first kappa shape index (κ1) is 11.2. The van der Waals surface area contributed by atoms with E-state index in [2.05, 4.69) is 5.10 Å². The number of aromatic nitrogens is 2. The molecule has 0 amide bonds. The van der Waals surface area contributed by atoms with Crippen LogP contribution in [0.25, 0.3) is 0 Å². The molecule has 80 valence electrons. The van der Waals surface area contributed by atoms with Crippen molar-refractivity contribution < 1.29 is 10.2 Å². The quantitative estimate of drug-likeness (QED) is 0.720. The van der Waals surface area contributed by atoms with Crippen LogP contribution in [0.5, 0.6) is 0 Å². The van der Waals surface area contributed by atoms with Gasteiger partial charge in [0.15, 0.2) is 0 Å². The zero-order chi connectivity index (χ0) is 10.6. The second-order valence-corrected chi connectivity index (χ2v) is 3.62. The van der Waals surface area contributed by atoms with Crippen molar-refractivity contribution in [2.75, 3.05) is 6.61 Å². The maximum absolute atomic E-state index is 9.62. The van der Waals surface area contributed by atoms with Crippen molar-refractivity contribution in [2.45, 2.75) is 32.3 Å². The van der Waals surface area contributed by atoms with Gasteiger partial charge in [0.25, 0.3) is 0 Å². The largest absolute Gasteiger partial charge is 0.396 e. The molecule has 1 atom stereocenters. The van der Waals surface area contributed by atoms with E-state index in [1.165, 1.54) is 0 Å². The summed E-state index contributed by atoms with van der Waals surface area (Å²) in [5.74, 6) is 0. The summed E-state index contributed by atoms with van der Waals surface area (Å²) in [6.07, 6.45) is 1.52. The molecule has 0 bridgehead atoms. The van der Waals surface area contributed by atoms with Gasteiger partial charge in [-0.2, -0.15) is 5.10 Å². The number of aliphatic hydroxyl groups is 2. The first-order chi connectivity index (χ1) is 6.63. The second-order valence-electron chi connectivity index (χ2n) is 3.62. The van der Waals surface area contributed by atoms with Gasteiger partial charge in [-0.25, -0.2) is 0 Å². The highest BCUT2D eigenvalue weighted by Crippen LogP contribution is 2.08. The standard InChI is InChI=1S/C10H18N2O2/c1-8-6-9(12(2)11-8)7-10(14)4-3-5-13/h6,10,13-14H,3-5,7H2,1-2H3. The van der Waals surface area contributed by atoms with Crippen LogP contribution in [0.4, 0.5) is 0 Å². The molecule has 1 rings (SSSR count). The monoisotopic (exact) mass is 198 g/mol. The summed E-state index contributed by atoms with van der Waals surface area (Å²) >= 11 is 0. The highest BCUT2D eigenvalue weighted by Gasteiger charge is 2.08. The van der Waals surface area contributed by atoms with Gasteiger partial charge < -0.3 is 10.2 Å². The Bertz CT molecular complexity index is 284. The molecule has 0 aromatic carbocycles. The number of hydrogen-bond donors (Lipinski definition) is 2. The molecule has 0 fully saturated rings. The van der Waals surface area contributed by atoms with E-state index < -0.39 is 0 Å². The molecule has 1 aromatic rings. The van der Waals surface area contributed by atoms with Gasteiger partial charge in [-0.05, 0) is 25.8 Å². The molecule has 14 heavy (non-hydrogen) atoms. The van der Waals surface area contributed by atoms with Crippen molar-refractivity contribution in [3.05, 3.63) is 17.5 Å². The molecule has 0 spiro atoms. The van der Waals surface area contributed by atoms with E-state index in [1.54, 1.807) is 4.68 Å². The molecule has 0 aliphatic heterocycles. The normalized spacial score (nSPS) is 13.1. The van der Waals surface area contributed by atoms with Crippen LogP contribution in [0.15, 0.2) is 6.07 Å². The minimum Gasteiger partial charge on any atom is -0.396 e. The smallest absolute Gasteiger partial charge is 0.0596 e. The van der Waals surface area contributed by atoms with Crippen LogP contribution in [0.3, 0.4) is 0 Å². The van der Waals surface area contributed by atoms with Crippen molar-refractivity contribution in [3.8, 4) is 0 Å². The molecular weight excluding hydrogens is 180 g/mol. The van der Waals surface area contributed by atoms with Crippen molar-refractivity contribution in [3.63, 3.8) is 0 Å². The lowest BCUT2D eigenvalue weighted by atomic mass is 10.1. The molecule has 0 radical (unpaired) electrons. The number of rotatable bonds is 5. The number of aryl methyl sites for hydroxylation is 2. The molecule has 2 N–H and O–H groups in total. The van der Waals surface area contributed by atoms with E-state index in [0.717, 1.165) is 11.4 Å². The Kier molecular flexibility index (Phi) is 4.10. The highest BCUT2D eigenvalue weighted by molar-refractivity contribution is 5.09. The van der Waals surface area contributed by atoms with Gasteiger partial charge in [-0.15, -0.1) is 0 Å². The van der Waals surface area contributed by atoms with E-state index in [0.29, 0.717) is 19.3 Å². The summed E-state index contributed by atoms with van der Waals surface area (Å²) in [4.78, 5) is 0. The van der Waals surface area contributed by atoms with Crippen molar-refractivity contribution in [1.82, 2.24) is 9.78 Å². The second kappa shape index (κ2) is 5.12. The lowest BCUT2D eigenvalue weighted by molar-refractivity contribution is 0.148. The third-order valence-electron chi connectivity index (χ3n) is 2.24. The average molecular weight is 198 g/mol.